The molecule has 0 fully saturated rings. The predicted octanol–water partition coefficient (Wildman–Crippen LogP) is 4.38. The molecule has 0 N–H and O–H groups in total. The number of benzene rings is 1. The molecule has 0 saturated heterocycles. The molecule has 0 unspecified atom stereocenters. The van der Waals surface area contributed by atoms with Crippen molar-refractivity contribution < 1.29 is 9.21 Å². The maximum atomic E-state index is 12.4. The summed E-state index contributed by atoms with van der Waals surface area (Å²) in [5, 5.41) is 9.05. The van der Waals surface area contributed by atoms with E-state index < -0.39 is 0 Å². The number of carbonyl (C=O) groups is 1. The topological polar surface area (TPSA) is 59.2 Å². The number of rotatable bonds is 7. The predicted molar refractivity (Wildman–Crippen MR) is 97.2 cm³/mol. The number of hydrogen-bond acceptors (Lipinski definition) is 5. The largest absolute Gasteiger partial charge is 0.411 e. The van der Waals surface area contributed by atoms with Crippen LogP contribution in [-0.4, -0.2) is 39.3 Å². The van der Waals surface area contributed by atoms with Crippen LogP contribution in [0.3, 0.4) is 0 Å². The number of carbonyl (C=O) groups excluding carboxylic acids is 1. The van der Waals surface area contributed by atoms with Crippen molar-refractivity contribution in [1.29, 1.82) is 0 Å². The van der Waals surface area contributed by atoms with E-state index in [2.05, 4.69) is 24.0 Å². The molecule has 0 aliphatic carbocycles. The lowest BCUT2D eigenvalue weighted by Crippen LogP contribution is -2.40. The molecule has 0 saturated carbocycles. The van der Waals surface area contributed by atoms with E-state index in [1.807, 2.05) is 30.9 Å². The van der Waals surface area contributed by atoms with Gasteiger partial charge in [0.2, 0.25) is 11.8 Å². The summed E-state index contributed by atoms with van der Waals surface area (Å²) in [7, 11) is 0. The Morgan fingerprint density at radius 1 is 1.21 bits per heavy atom. The summed E-state index contributed by atoms with van der Waals surface area (Å²) in [5.41, 5.74) is 0.800. The van der Waals surface area contributed by atoms with Crippen LogP contribution >= 0.6 is 23.4 Å². The van der Waals surface area contributed by atoms with Gasteiger partial charge in [-0.3, -0.25) is 4.79 Å². The Balaban J connectivity index is 1.97. The average Bonchev–Trinajstić information content (AvgIpc) is 2.99. The first-order chi connectivity index (χ1) is 11.4. The number of amides is 1. The Kier molecular flexibility index (Phi) is 6.69. The van der Waals surface area contributed by atoms with Crippen LogP contribution in [0.5, 0.6) is 0 Å². The molecule has 1 heterocycles. The van der Waals surface area contributed by atoms with Crippen LogP contribution in [0, 0.1) is 5.92 Å². The minimum atomic E-state index is 0.0787. The maximum Gasteiger partial charge on any atom is 0.277 e. The molecule has 0 spiro atoms. The van der Waals surface area contributed by atoms with Crippen LogP contribution in [0.2, 0.25) is 5.02 Å². The lowest BCUT2D eigenvalue weighted by molar-refractivity contribution is -0.130. The minimum absolute atomic E-state index is 0.0787. The van der Waals surface area contributed by atoms with Crippen molar-refractivity contribution in [3.63, 3.8) is 0 Å². The molecule has 0 aliphatic rings. The summed E-state index contributed by atoms with van der Waals surface area (Å²) in [6, 6.07) is 7.35. The van der Waals surface area contributed by atoms with Crippen LogP contribution in [-0.2, 0) is 4.79 Å². The Morgan fingerprint density at radius 3 is 2.46 bits per heavy atom. The van der Waals surface area contributed by atoms with E-state index in [4.69, 9.17) is 16.0 Å². The lowest BCUT2D eigenvalue weighted by Gasteiger charge is -2.28. The van der Waals surface area contributed by atoms with Gasteiger partial charge in [-0.25, -0.2) is 0 Å². The molecule has 24 heavy (non-hydrogen) atoms. The quantitative estimate of drug-likeness (QED) is 0.680. The van der Waals surface area contributed by atoms with E-state index in [9.17, 15) is 4.79 Å². The van der Waals surface area contributed by atoms with E-state index in [0.717, 1.165) is 12.1 Å². The molecule has 0 radical (unpaired) electrons. The normalized spacial score (nSPS) is 11.3. The molecule has 0 aliphatic heterocycles. The van der Waals surface area contributed by atoms with Gasteiger partial charge >= 0.3 is 0 Å². The van der Waals surface area contributed by atoms with E-state index in [-0.39, 0.29) is 17.7 Å². The number of hydrogen-bond donors (Lipinski definition) is 0. The van der Waals surface area contributed by atoms with E-state index >= 15 is 0 Å². The van der Waals surface area contributed by atoms with Crippen molar-refractivity contribution in [2.75, 3.05) is 12.3 Å². The highest BCUT2D eigenvalue weighted by molar-refractivity contribution is 7.99. The van der Waals surface area contributed by atoms with Crippen molar-refractivity contribution in [1.82, 2.24) is 15.1 Å². The van der Waals surface area contributed by atoms with Crippen molar-refractivity contribution in [3.8, 4) is 11.5 Å². The monoisotopic (exact) mass is 367 g/mol. The third-order valence-corrected chi connectivity index (χ3v) is 4.38. The highest BCUT2D eigenvalue weighted by Gasteiger charge is 2.19. The Labute approximate surface area is 151 Å². The molecule has 1 aromatic heterocycles. The standard InChI is InChI=1S/C17H22ClN3O2S/c1-11(2)9-21(12(3)4)15(22)10-24-17-20-19-16(23-17)13-5-7-14(18)8-6-13/h5-8,11-12H,9-10H2,1-4H3. The number of thioether (sulfide) groups is 1. The third kappa shape index (κ3) is 5.24. The first-order valence-corrected chi connectivity index (χ1v) is 9.25. The third-order valence-electron chi connectivity index (χ3n) is 3.32. The Morgan fingerprint density at radius 2 is 1.88 bits per heavy atom. The van der Waals surface area contributed by atoms with Gasteiger partial charge in [0.1, 0.15) is 0 Å². The summed E-state index contributed by atoms with van der Waals surface area (Å²) in [6.45, 7) is 9.00. The molecule has 0 atom stereocenters. The van der Waals surface area contributed by atoms with Crippen LogP contribution in [0.25, 0.3) is 11.5 Å². The number of aromatic nitrogens is 2. The Hall–Kier alpha value is -1.53. The zero-order valence-electron chi connectivity index (χ0n) is 14.3. The molecule has 1 aromatic carbocycles. The molecular formula is C17H22ClN3O2S. The summed E-state index contributed by atoms with van der Waals surface area (Å²) in [6.07, 6.45) is 0. The molecule has 1 amide bonds. The van der Waals surface area contributed by atoms with Gasteiger partial charge in [-0.2, -0.15) is 0 Å². The van der Waals surface area contributed by atoms with Crippen LogP contribution in [0.4, 0.5) is 0 Å². The van der Waals surface area contributed by atoms with Gasteiger partial charge in [0.25, 0.3) is 5.22 Å². The SMILES string of the molecule is CC(C)CN(C(=O)CSc1nnc(-c2ccc(Cl)cc2)o1)C(C)C. The fourth-order valence-corrected chi connectivity index (χ4v) is 2.95. The van der Waals surface area contributed by atoms with Crippen LogP contribution < -0.4 is 0 Å². The molecule has 2 rings (SSSR count). The van der Waals surface area contributed by atoms with Gasteiger partial charge in [0, 0.05) is 23.2 Å². The summed E-state index contributed by atoms with van der Waals surface area (Å²) in [5.74, 6) is 1.22. The van der Waals surface area contributed by atoms with Crippen LogP contribution in [0.15, 0.2) is 33.9 Å². The molecule has 130 valence electrons. The van der Waals surface area contributed by atoms with Crippen molar-refractivity contribution in [2.24, 2.45) is 5.92 Å². The van der Waals surface area contributed by atoms with E-state index in [1.165, 1.54) is 11.8 Å². The molecule has 7 heteroatoms. The molecular weight excluding hydrogens is 346 g/mol. The highest BCUT2D eigenvalue weighted by atomic mass is 35.5. The van der Waals surface area contributed by atoms with Gasteiger partial charge in [-0.15, -0.1) is 10.2 Å². The first-order valence-electron chi connectivity index (χ1n) is 7.88. The zero-order chi connectivity index (χ0) is 17.7. The van der Waals surface area contributed by atoms with E-state index in [1.54, 1.807) is 12.1 Å². The second kappa shape index (κ2) is 8.53. The fourth-order valence-electron chi connectivity index (χ4n) is 2.18. The average molecular weight is 368 g/mol. The van der Waals surface area contributed by atoms with Gasteiger partial charge in [-0.1, -0.05) is 37.2 Å². The Bertz CT molecular complexity index is 671. The van der Waals surface area contributed by atoms with Gasteiger partial charge in [-0.05, 0) is 44.0 Å². The fraction of sp³-hybridized carbons (Fsp3) is 0.471. The van der Waals surface area contributed by atoms with Crippen molar-refractivity contribution in [2.45, 2.75) is 39.0 Å². The second-order valence-corrected chi connectivity index (χ2v) is 7.57. The van der Waals surface area contributed by atoms with Crippen molar-refractivity contribution in [3.05, 3.63) is 29.3 Å². The number of nitrogens with zero attached hydrogens (tertiary/aromatic N) is 3. The highest BCUT2D eigenvalue weighted by Crippen LogP contribution is 2.24. The second-order valence-electron chi connectivity index (χ2n) is 6.20. The smallest absolute Gasteiger partial charge is 0.277 e. The molecule has 2 aromatic rings. The van der Waals surface area contributed by atoms with Gasteiger partial charge in [0.05, 0.1) is 5.75 Å². The number of halogens is 1. The van der Waals surface area contributed by atoms with Crippen LogP contribution in [0.1, 0.15) is 27.7 Å². The minimum Gasteiger partial charge on any atom is -0.411 e. The summed E-state index contributed by atoms with van der Waals surface area (Å²) < 4.78 is 5.61. The molecule has 5 nitrogen and oxygen atoms in total. The van der Waals surface area contributed by atoms with E-state index in [0.29, 0.717) is 22.1 Å². The first kappa shape index (κ1) is 18.8. The lowest BCUT2D eigenvalue weighted by atomic mass is 10.2. The van der Waals surface area contributed by atoms with Gasteiger partial charge < -0.3 is 9.32 Å². The summed E-state index contributed by atoms with van der Waals surface area (Å²) in [4.78, 5) is 14.3. The zero-order valence-corrected chi connectivity index (χ0v) is 15.9. The molecule has 0 bridgehead atoms. The maximum absolute atomic E-state index is 12.4. The van der Waals surface area contributed by atoms with Crippen molar-refractivity contribution >= 4 is 29.3 Å². The summed E-state index contributed by atoms with van der Waals surface area (Å²) >= 11 is 7.13. The van der Waals surface area contributed by atoms with Gasteiger partial charge in [0.15, 0.2) is 0 Å².